The number of hydrogen-bond acceptors (Lipinski definition) is 3. The number of nitrogens with zero attached hydrogens (tertiary/aromatic N) is 1. The summed E-state index contributed by atoms with van der Waals surface area (Å²) in [6, 6.07) is 8.26. The molecule has 0 aliphatic carbocycles. The standard InChI is InChI=1S/C17H25BrN2OS.ClH/c1-16(2)11-20(10-9-14(16)19)15(21)17(3,4)22-13-7-5-12(18)6-8-13;/h5-8,14H,9-11,19H2,1-4H3;1H. The first-order valence-electron chi connectivity index (χ1n) is 7.61. The van der Waals surface area contributed by atoms with Crippen LogP contribution in [0, 0.1) is 5.41 Å². The lowest BCUT2D eigenvalue weighted by Gasteiger charge is -2.44. The Morgan fingerprint density at radius 2 is 1.91 bits per heavy atom. The van der Waals surface area contributed by atoms with Crippen molar-refractivity contribution in [2.45, 2.75) is 49.8 Å². The van der Waals surface area contributed by atoms with Crippen LogP contribution in [0.15, 0.2) is 33.6 Å². The van der Waals surface area contributed by atoms with Crippen LogP contribution in [0.1, 0.15) is 34.1 Å². The van der Waals surface area contributed by atoms with E-state index in [0.29, 0.717) is 0 Å². The van der Waals surface area contributed by atoms with E-state index < -0.39 is 4.75 Å². The number of benzene rings is 1. The summed E-state index contributed by atoms with van der Waals surface area (Å²) in [4.78, 5) is 16.0. The first-order valence-corrected chi connectivity index (χ1v) is 9.22. The van der Waals surface area contributed by atoms with Crippen molar-refractivity contribution in [1.82, 2.24) is 4.90 Å². The minimum Gasteiger partial charge on any atom is -0.341 e. The molecule has 1 fully saturated rings. The van der Waals surface area contributed by atoms with Crippen LogP contribution >= 0.6 is 40.1 Å². The number of halogens is 2. The van der Waals surface area contributed by atoms with E-state index in [0.717, 1.165) is 28.9 Å². The summed E-state index contributed by atoms with van der Waals surface area (Å²) in [5, 5.41) is 0. The number of amides is 1. The topological polar surface area (TPSA) is 46.3 Å². The first-order chi connectivity index (χ1) is 10.1. The zero-order chi connectivity index (χ0) is 16.5. The van der Waals surface area contributed by atoms with E-state index in [4.69, 9.17) is 5.73 Å². The minimum absolute atomic E-state index is 0. The lowest BCUT2D eigenvalue weighted by atomic mass is 9.79. The van der Waals surface area contributed by atoms with Gasteiger partial charge >= 0.3 is 0 Å². The third-order valence-corrected chi connectivity index (χ3v) is 6.02. The fourth-order valence-corrected chi connectivity index (χ4v) is 4.11. The van der Waals surface area contributed by atoms with Crippen LogP contribution < -0.4 is 5.73 Å². The van der Waals surface area contributed by atoms with Gasteiger partial charge in [0.25, 0.3) is 0 Å². The van der Waals surface area contributed by atoms with Gasteiger partial charge in [-0.05, 0) is 49.9 Å². The van der Waals surface area contributed by atoms with Gasteiger partial charge in [0.2, 0.25) is 5.91 Å². The molecule has 1 aliphatic rings. The van der Waals surface area contributed by atoms with Crippen LogP contribution in [0.5, 0.6) is 0 Å². The van der Waals surface area contributed by atoms with Crippen molar-refractivity contribution in [2.24, 2.45) is 11.1 Å². The molecule has 2 rings (SSSR count). The van der Waals surface area contributed by atoms with Gasteiger partial charge in [0.05, 0.1) is 4.75 Å². The van der Waals surface area contributed by atoms with Crippen LogP contribution in [0.4, 0.5) is 0 Å². The fourth-order valence-electron chi connectivity index (χ4n) is 2.77. The van der Waals surface area contributed by atoms with E-state index in [1.807, 2.05) is 43.0 Å². The summed E-state index contributed by atoms with van der Waals surface area (Å²) >= 11 is 5.05. The molecule has 1 aromatic rings. The van der Waals surface area contributed by atoms with Gasteiger partial charge in [0.15, 0.2) is 0 Å². The molecule has 0 spiro atoms. The molecule has 6 heteroatoms. The number of carbonyl (C=O) groups is 1. The summed E-state index contributed by atoms with van der Waals surface area (Å²) in [6.45, 7) is 9.79. The van der Waals surface area contributed by atoms with Gasteiger partial charge in [-0.3, -0.25) is 4.79 Å². The molecule has 1 aliphatic heterocycles. The van der Waals surface area contributed by atoms with Crippen molar-refractivity contribution in [2.75, 3.05) is 13.1 Å². The minimum atomic E-state index is -0.481. The predicted octanol–water partition coefficient (Wildman–Crippen LogP) is 4.33. The SMILES string of the molecule is CC(C)(Sc1ccc(Br)cc1)C(=O)N1CCC(N)C(C)(C)C1.Cl. The Hall–Kier alpha value is -0.230. The van der Waals surface area contributed by atoms with Gasteiger partial charge in [0, 0.05) is 28.5 Å². The van der Waals surface area contributed by atoms with E-state index in [1.54, 1.807) is 11.8 Å². The number of likely N-dealkylation sites (tertiary alicyclic amines) is 1. The van der Waals surface area contributed by atoms with Crippen LogP contribution in [0.25, 0.3) is 0 Å². The number of piperidine rings is 1. The van der Waals surface area contributed by atoms with Crippen LogP contribution in [-0.4, -0.2) is 34.7 Å². The maximum absolute atomic E-state index is 12.9. The van der Waals surface area contributed by atoms with E-state index in [-0.39, 0.29) is 29.8 Å². The monoisotopic (exact) mass is 420 g/mol. The third-order valence-electron chi connectivity index (χ3n) is 4.30. The molecule has 1 unspecified atom stereocenters. The highest BCUT2D eigenvalue weighted by atomic mass is 79.9. The lowest BCUT2D eigenvalue weighted by molar-refractivity contribution is -0.136. The Bertz CT molecular complexity index is 548. The van der Waals surface area contributed by atoms with Crippen molar-refractivity contribution in [3.8, 4) is 0 Å². The number of carbonyl (C=O) groups excluding carboxylic acids is 1. The zero-order valence-electron chi connectivity index (χ0n) is 14.1. The molecule has 1 amide bonds. The quantitative estimate of drug-likeness (QED) is 0.739. The summed E-state index contributed by atoms with van der Waals surface area (Å²) < 4.78 is 0.568. The molecule has 3 nitrogen and oxygen atoms in total. The van der Waals surface area contributed by atoms with Gasteiger partial charge in [0.1, 0.15) is 0 Å². The van der Waals surface area contributed by atoms with Crippen molar-refractivity contribution in [3.05, 3.63) is 28.7 Å². The first kappa shape index (κ1) is 20.8. The molecule has 0 saturated carbocycles. The van der Waals surface area contributed by atoms with E-state index in [2.05, 4.69) is 29.8 Å². The smallest absolute Gasteiger partial charge is 0.238 e. The fraction of sp³-hybridized carbons (Fsp3) is 0.588. The summed E-state index contributed by atoms with van der Waals surface area (Å²) in [5.74, 6) is 0.195. The molecule has 1 heterocycles. The average Bonchev–Trinajstić information content (AvgIpc) is 2.43. The Labute approximate surface area is 158 Å². The molecule has 1 aromatic carbocycles. The highest BCUT2D eigenvalue weighted by Gasteiger charge is 2.40. The predicted molar refractivity (Wildman–Crippen MR) is 104 cm³/mol. The summed E-state index contributed by atoms with van der Waals surface area (Å²) in [6.07, 6.45) is 0.873. The average molecular weight is 422 g/mol. The maximum Gasteiger partial charge on any atom is 0.238 e. The Morgan fingerprint density at radius 3 is 2.43 bits per heavy atom. The second kappa shape index (κ2) is 7.77. The third kappa shape index (κ3) is 5.12. The lowest BCUT2D eigenvalue weighted by Crippen LogP contribution is -2.56. The molecule has 0 aromatic heterocycles. The molecule has 130 valence electrons. The van der Waals surface area contributed by atoms with E-state index in [9.17, 15) is 4.79 Å². The molecular formula is C17H26BrClN2OS. The zero-order valence-corrected chi connectivity index (χ0v) is 17.4. The van der Waals surface area contributed by atoms with Crippen molar-refractivity contribution in [1.29, 1.82) is 0 Å². The molecule has 0 radical (unpaired) electrons. The normalized spacial score (nSPS) is 20.8. The van der Waals surface area contributed by atoms with Gasteiger partial charge in [-0.1, -0.05) is 29.8 Å². The number of nitrogens with two attached hydrogens (primary N) is 1. The highest BCUT2D eigenvalue weighted by Crippen LogP contribution is 2.37. The summed E-state index contributed by atoms with van der Waals surface area (Å²) in [5.41, 5.74) is 6.15. The van der Waals surface area contributed by atoms with Gasteiger partial charge in [-0.15, -0.1) is 24.2 Å². The molecule has 0 bridgehead atoms. The number of hydrogen-bond donors (Lipinski definition) is 1. The largest absolute Gasteiger partial charge is 0.341 e. The van der Waals surface area contributed by atoms with Gasteiger partial charge in [-0.2, -0.15) is 0 Å². The number of thioether (sulfide) groups is 1. The molecule has 1 atom stereocenters. The Kier molecular flexibility index (Phi) is 7.03. The molecule has 1 saturated heterocycles. The van der Waals surface area contributed by atoms with Crippen molar-refractivity contribution >= 4 is 46.0 Å². The maximum atomic E-state index is 12.9. The Balaban J connectivity index is 0.00000264. The van der Waals surface area contributed by atoms with E-state index in [1.165, 1.54) is 0 Å². The molecule has 23 heavy (non-hydrogen) atoms. The molecule has 2 N–H and O–H groups in total. The van der Waals surface area contributed by atoms with Crippen LogP contribution in [-0.2, 0) is 4.79 Å². The van der Waals surface area contributed by atoms with Gasteiger partial charge in [-0.25, -0.2) is 0 Å². The van der Waals surface area contributed by atoms with Crippen molar-refractivity contribution < 1.29 is 4.79 Å². The van der Waals surface area contributed by atoms with E-state index >= 15 is 0 Å². The number of rotatable bonds is 3. The molecular weight excluding hydrogens is 396 g/mol. The second-order valence-corrected chi connectivity index (χ2v) is 9.79. The van der Waals surface area contributed by atoms with Crippen LogP contribution in [0.3, 0.4) is 0 Å². The van der Waals surface area contributed by atoms with Gasteiger partial charge < -0.3 is 10.6 Å². The van der Waals surface area contributed by atoms with Crippen LogP contribution in [0.2, 0.25) is 0 Å². The Morgan fingerprint density at radius 1 is 1.35 bits per heavy atom. The van der Waals surface area contributed by atoms with Crippen molar-refractivity contribution in [3.63, 3.8) is 0 Å². The second-order valence-electron chi connectivity index (χ2n) is 7.18. The highest BCUT2D eigenvalue weighted by molar-refractivity contribution is 9.10. The summed E-state index contributed by atoms with van der Waals surface area (Å²) in [7, 11) is 0.